The Kier molecular flexibility index (Phi) is 12.0. The summed E-state index contributed by atoms with van der Waals surface area (Å²) in [7, 11) is 0. The Labute approximate surface area is 240 Å². The van der Waals surface area contributed by atoms with Crippen LogP contribution in [0.1, 0.15) is 109 Å². The standard InChI is InChI=1S/C35H49NO4/c1-25(2)16-17-35(5,6)34(38)39-18-14-12-10-8-7-9-11-13-15-28-22-30-23-31(33(37)40-32(30)36-24-28)29-20-26(3)19-27(4)21-29/h19-25H,7-18H2,1-6H3. The molecule has 0 atom stereocenters. The Balaban J connectivity index is 1.33. The van der Waals surface area contributed by atoms with Crippen molar-refractivity contribution in [3.63, 3.8) is 0 Å². The van der Waals surface area contributed by atoms with Gasteiger partial charge in [0.2, 0.25) is 5.71 Å². The Morgan fingerprint density at radius 3 is 2.17 bits per heavy atom. The molecule has 2 aromatic heterocycles. The average molecular weight is 548 g/mol. The van der Waals surface area contributed by atoms with E-state index in [1.807, 2.05) is 52.1 Å². The van der Waals surface area contributed by atoms with Crippen molar-refractivity contribution in [3.8, 4) is 11.1 Å². The predicted octanol–water partition coefficient (Wildman–Crippen LogP) is 9.14. The summed E-state index contributed by atoms with van der Waals surface area (Å²) in [5.74, 6) is 0.553. The van der Waals surface area contributed by atoms with Crippen LogP contribution in [-0.4, -0.2) is 17.6 Å². The van der Waals surface area contributed by atoms with Gasteiger partial charge in [0.05, 0.1) is 17.6 Å². The summed E-state index contributed by atoms with van der Waals surface area (Å²) in [5, 5.41) is 0.871. The molecular formula is C35H49NO4. The normalized spacial score (nSPS) is 11.9. The fourth-order valence-electron chi connectivity index (χ4n) is 5.13. The third kappa shape index (κ3) is 9.91. The van der Waals surface area contributed by atoms with Gasteiger partial charge in [0.15, 0.2) is 0 Å². The van der Waals surface area contributed by atoms with Gasteiger partial charge < -0.3 is 9.15 Å². The number of fused-ring (bicyclic) bond motifs is 1. The molecule has 0 bridgehead atoms. The average Bonchev–Trinajstić information content (AvgIpc) is 2.89. The van der Waals surface area contributed by atoms with Crippen molar-refractivity contribution in [3.05, 3.63) is 63.6 Å². The van der Waals surface area contributed by atoms with Crippen molar-refractivity contribution in [1.29, 1.82) is 0 Å². The molecule has 0 spiro atoms. The summed E-state index contributed by atoms with van der Waals surface area (Å²) in [6.07, 6.45) is 14.0. The molecule has 0 N–H and O–H groups in total. The molecular weight excluding hydrogens is 498 g/mol. The first-order chi connectivity index (χ1) is 19.0. The Hall–Kier alpha value is -2.95. The predicted molar refractivity (Wildman–Crippen MR) is 165 cm³/mol. The highest BCUT2D eigenvalue weighted by Crippen LogP contribution is 2.27. The van der Waals surface area contributed by atoms with E-state index >= 15 is 0 Å². The van der Waals surface area contributed by atoms with E-state index in [-0.39, 0.29) is 17.0 Å². The summed E-state index contributed by atoms with van der Waals surface area (Å²) in [5.41, 5.74) is 4.56. The number of aromatic nitrogens is 1. The minimum Gasteiger partial charge on any atom is -0.465 e. The number of nitrogens with zero attached hydrogens (tertiary/aromatic N) is 1. The smallest absolute Gasteiger partial charge is 0.345 e. The van der Waals surface area contributed by atoms with Gasteiger partial charge in [0.25, 0.3) is 0 Å². The number of hydrogen-bond donors (Lipinski definition) is 0. The summed E-state index contributed by atoms with van der Waals surface area (Å²) in [4.78, 5) is 29.4. The maximum atomic E-state index is 12.6. The van der Waals surface area contributed by atoms with Crippen LogP contribution in [0.15, 0.2) is 45.7 Å². The van der Waals surface area contributed by atoms with Gasteiger partial charge in [-0.2, -0.15) is 0 Å². The van der Waals surface area contributed by atoms with Crippen LogP contribution in [0.25, 0.3) is 22.2 Å². The van der Waals surface area contributed by atoms with E-state index in [1.54, 1.807) is 0 Å². The minimum atomic E-state index is -0.382. The number of aryl methyl sites for hydroxylation is 3. The molecule has 0 saturated carbocycles. The van der Waals surface area contributed by atoms with Gasteiger partial charge in [0.1, 0.15) is 0 Å². The summed E-state index contributed by atoms with van der Waals surface area (Å²) >= 11 is 0. The fourth-order valence-corrected chi connectivity index (χ4v) is 5.13. The lowest BCUT2D eigenvalue weighted by Crippen LogP contribution is -2.27. The van der Waals surface area contributed by atoms with Gasteiger partial charge in [-0.15, -0.1) is 0 Å². The Morgan fingerprint density at radius 1 is 0.900 bits per heavy atom. The van der Waals surface area contributed by atoms with Crippen molar-refractivity contribution >= 4 is 17.1 Å². The molecule has 3 rings (SSSR count). The molecule has 0 saturated heterocycles. The van der Waals surface area contributed by atoms with Gasteiger partial charge in [0, 0.05) is 11.6 Å². The highest BCUT2D eigenvalue weighted by molar-refractivity contribution is 5.79. The van der Waals surface area contributed by atoms with Crippen LogP contribution < -0.4 is 5.63 Å². The lowest BCUT2D eigenvalue weighted by molar-refractivity contribution is -0.154. The molecule has 0 radical (unpaired) electrons. The van der Waals surface area contributed by atoms with Crippen LogP contribution in [0, 0.1) is 25.2 Å². The zero-order chi connectivity index (χ0) is 29.1. The lowest BCUT2D eigenvalue weighted by Gasteiger charge is -2.23. The first-order valence-corrected chi connectivity index (χ1v) is 15.2. The van der Waals surface area contributed by atoms with Crippen LogP contribution in [0.4, 0.5) is 0 Å². The summed E-state index contributed by atoms with van der Waals surface area (Å²) in [6.45, 7) is 13.0. The first-order valence-electron chi connectivity index (χ1n) is 15.2. The second-order valence-electron chi connectivity index (χ2n) is 12.6. The fraction of sp³-hybridized carbons (Fsp3) is 0.571. The highest BCUT2D eigenvalue weighted by atomic mass is 16.5. The summed E-state index contributed by atoms with van der Waals surface area (Å²) < 4.78 is 11.1. The van der Waals surface area contributed by atoms with E-state index < -0.39 is 0 Å². The number of unbranched alkanes of at least 4 members (excludes halogenated alkanes) is 7. The van der Waals surface area contributed by atoms with E-state index in [4.69, 9.17) is 9.15 Å². The minimum absolute atomic E-state index is 0.0545. The van der Waals surface area contributed by atoms with E-state index in [2.05, 4.69) is 31.0 Å². The molecule has 218 valence electrons. The first kappa shape index (κ1) is 31.6. The van der Waals surface area contributed by atoms with Crippen LogP contribution in [0.3, 0.4) is 0 Å². The molecule has 2 heterocycles. The zero-order valence-corrected chi connectivity index (χ0v) is 25.6. The molecule has 0 fully saturated rings. The van der Waals surface area contributed by atoms with Crippen LogP contribution >= 0.6 is 0 Å². The van der Waals surface area contributed by atoms with Crippen LogP contribution in [0.5, 0.6) is 0 Å². The molecule has 40 heavy (non-hydrogen) atoms. The van der Waals surface area contributed by atoms with Gasteiger partial charge in [-0.25, -0.2) is 9.78 Å². The lowest BCUT2D eigenvalue weighted by atomic mass is 9.85. The maximum absolute atomic E-state index is 12.6. The van der Waals surface area contributed by atoms with Crippen molar-refractivity contribution in [2.24, 2.45) is 11.3 Å². The third-order valence-electron chi connectivity index (χ3n) is 7.67. The molecule has 0 amide bonds. The molecule has 0 unspecified atom stereocenters. The number of rotatable bonds is 16. The second kappa shape index (κ2) is 15.2. The van der Waals surface area contributed by atoms with Crippen molar-refractivity contribution in [2.75, 3.05) is 6.61 Å². The SMILES string of the molecule is Cc1cc(C)cc(-c2cc3cc(CCCCCCCCCCOC(=O)C(C)(C)CCC(C)C)cnc3oc2=O)c1. The molecule has 5 nitrogen and oxygen atoms in total. The Morgan fingerprint density at radius 2 is 1.52 bits per heavy atom. The number of pyridine rings is 1. The number of benzene rings is 1. The van der Waals surface area contributed by atoms with Crippen LogP contribution in [-0.2, 0) is 16.0 Å². The number of ether oxygens (including phenoxy) is 1. The van der Waals surface area contributed by atoms with Crippen molar-refractivity contribution in [1.82, 2.24) is 4.98 Å². The van der Waals surface area contributed by atoms with E-state index in [0.717, 1.165) is 60.6 Å². The largest absolute Gasteiger partial charge is 0.465 e. The molecule has 0 aliphatic rings. The van der Waals surface area contributed by atoms with Crippen molar-refractivity contribution < 1.29 is 13.9 Å². The third-order valence-corrected chi connectivity index (χ3v) is 7.67. The Bertz CT molecular complexity index is 1280. The zero-order valence-electron chi connectivity index (χ0n) is 25.6. The number of carbonyl (C=O) groups is 1. The quantitative estimate of drug-likeness (QED) is 0.132. The second-order valence-corrected chi connectivity index (χ2v) is 12.6. The monoisotopic (exact) mass is 547 g/mol. The highest BCUT2D eigenvalue weighted by Gasteiger charge is 2.29. The van der Waals surface area contributed by atoms with E-state index in [9.17, 15) is 9.59 Å². The number of hydrogen-bond acceptors (Lipinski definition) is 5. The van der Waals surface area contributed by atoms with Crippen LogP contribution in [0.2, 0.25) is 0 Å². The number of esters is 1. The molecule has 0 aliphatic carbocycles. The van der Waals surface area contributed by atoms with Gasteiger partial charge >= 0.3 is 11.6 Å². The van der Waals surface area contributed by atoms with Gasteiger partial charge in [-0.1, -0.05) is 81.7 Å². The van der Waals surface area contributed by atoms with E-state index in [1.165, 1.54) is 37.7 Å². The molecule has 1 aromatic carbocycles. The van der Waals surface area contributed by atoms with Gasteiger partial charge in [-0.3, -0.25) is 4.79 Å². The van der Waals surface area contributed by atoms with Crippen molar-refractivity contribution in [2.45, 2.75) is 112 Å². The summed E-state index contributed by atoms with van der Waals surface area (Å²) in [6, 6.07) is 10.2. The van der Waals surface area contributed by atoms with Gasteiger partial charge in [-0.05, 0) is 89.0 Å². The maximum Gasteiger partial charge on any atom is 0.345 e. The molecule has 5 heteroatoms. The topological polar surface area (TPSA) is 69.4 Å². The number of carbonyl (C=O) groups excluding carboxylic acids is 1. The molecule has 3 aromatic rings. The molecule has 0 aliphatic heterocycles. The van der Waals surface area contributed by atoms with E-state index in [0.29, 0.717) is 23.8 Å².